The van der Waals surface area contributed by atoms with Crippen LogP contribution in [0.4, 0.5) is 0 Å². The molecule has 0 bridgehead atoms. The van der Waals surface area contributed by atoms with Gasteiger partial charge < -0.3 is 5.11 Å². The van der Waals surface area contributed by atoms with E-state index in [-0.39, 0.29) is 6.42 Å². The highest BCUT2D eigenvalue weighted by Crippen LogP contribution is 2.12. The molecule has 0 fully saturated rings. The molecule has 0 aliphatic heterocycles. The van der Waals surface area contributed by atoms with Crippen molar-refractivity contribution in [1.29, 1.82) is 0 Å². The van der Waals surface area contributed by atoms with Gasteiger partial charge in [-0.25, -0.2) is 0 Å². The SMILES string of the molecule is CCC(Cc1ccccc1)N(CC)CCC(=O)O. The van der Waals surface area contributed by atoms with Crippen molar-refractivity contribution in [3.05, 3.63) is 35.9 Å². The molecule has 1 N–H and O–H groups in total. The fraction of sp³-hybridized carbons (Fsp3) is 0.533. The van der Waals surface area contributed by atoms with Crippen LogP contribution in [-0.4, -0.2) is 35.1 Å². The third kappa shape index (κ3) is 4.88. The number of carboxylic acid groups (broad SMARTS) is 1. The summed E-state index contributed by atoms with van der Waals surface area (Å²) in [6.07, 6.45) is 2.26. The fourth-order valence-electron chi connectivity index (χ4n) is 2.26. The van der Waals surface area contributed by atoms with Gasteiger partial charge in [0.1, 0.15) is 0 Å². The standard InChI is InChI=1S/C15H23NO2/c1-3-14(12-13-8-6-5-7-9-13)16(4-2)11-10-15(17)18/h5-9,14H,3-4,10-12H2,1-2H3,(H,17,18). The summed E-state index contributed by atoms with van der Waals surface area (Å²) in [6.45, 7) is 5.79. The summed E-state index contributed by atoms with van der Waals surface area (Å²) in [4.78, 5) is 12.9. The van der Waals surface area contributed by atoms with Crippen molar-refractivity contribution < 1.29 is 9.90 Å². The summed E-state index contributed by atoms with van der Waals surface area (Å²) in [5, 5.41) is 8.78. The van der Waals surface area contributed by atoms with E-state index in [1.807, 2.05) is 6.07 Å². The molecule has 0 saturated heterocycles. The van der Waals surface area contributed by atoms with Gasteiger partial charge in [0.2, 0.25) is 0 Å². The maximum Gasteiger partial charge on any atom is 0.304 e. The van der Waals surface area contributed by atoms with Crippen molar-refractivity contribution in [1.82, 2.24) is 4.90 Å². The van der Waals surface area contributed by atoms with Gasteiger partial charge in [-0.1, -0.05) is 44.2 Å². The van der Waals surface area contributed by atoms with Gasteiger partial charge in [0.25, 0.3) is 0 Å². The highest BCUT2D eigenvalue weighted by Gasteiger charge is 2.16. The Morgan fingerprint density at radius 3 is 2.44 bits per heavy atom. The molecule has 1 unspecified atom stereocenters. The van der Waals surface area contributed by atoms with Crippen LogP contribution in [0.5, 0.6) is 0 Å². The van der Waals surface area contributed by atoms with Crippen LogP contribution in [-0.2, 0) is 11.2 Å². The highest BCUT2D eigenvalue weighted by atomic mass is 16.4. The molecule has 1 aromatic rings. The first-order chi connectivity index (χ1) is 8.67. The summed E-state index contributed by atoms with van der Waals surface area (Å²) in [5.41, 5.74) is 1.32. The van der Waals surface area contributed by atoms with Crippen LogP contribution in [0.25, 0.3) is 0 Å². The summed E-state index contributed by atoms with van der Waals surface area (Å²) in [6, 6.07) is 10.8. The van der Waals surface area contributed by atoms with Crippen LogP contribution in [0.1, 0.15) is 32.3 Å². The second-order valence-electron chi connectivity index (χ2n) is 4.52. The van der Waals surface area contributed by atoms with Crippen molar-refractivity contribution in [3.8, 4) is 0 Å². The average molecular weight is 249 g/mol. The number of benzene rings is 1. The molecule has 1 rings (SSSR count). The predicted molar refractivity (Wildman–Crippen MR) is 73.7 cm³/mol. The number of rotatable bonds is 8. The quantitative estimate of drug-likeness (QED) is 0.770. The summed E-state index contributed by atoms with van der Waals surface area (Å²) in [5.74, 6) is -0.719. The van der Waals surface area contributed by atoms with Gasteiger partial charge in [-0.3, -0.25) is 9.69 Å². The van der Waals surface area contributed by atoms with E-state index in [1.54, 1.807) is 0 Å². The molecule has 100 valence electrons. The number of hydrogen-bond acceptors (Lipinski definition) is 2. The fourth-order valence-corrected chi connectivity index (χ4v) is 2.26. The van der Waals surface area contributed by atoms with Crippen LogP contribution in [0, 0.1) is 0 Å². The minimum Gasteiger partial charge on any atom is -0.481 e. The molecule has 3 nitrogen and oxygen atoms in total. The van der Waals surface area contributed by atoms with Crippen molar-refractivity contribution in [2.24, 2.45) is 0 Å². The number of likely N-dealkylation sites (N-methyl/N-ethyl adjacent to an activating group) is 1. The highest BCUT2D eigenvalue weighted by molar-refractivity contribution is 5.66. The Labute approximate surface area is 109 Å². The zero-order chi connectivity index (χ0) is 13.4. The molecule has 0 radical (unpaired) electrons. The van der Waals surface area contributed by atoms with E-state index in [9.17, 15) is 4.79 Å². The molecule has 1 aromatic carbocycles. The first-order valence-electron chi connectivity index (χ1n) is 6.67. The molecule has 0 aliphatic carbocycles. The van der Waals surface area contributed by atoms with Crippen molar-refractivity contribution in [3.63, 3.8) is 0 Å². The van der Waals surface area contributed by atoms with E-state index in [1.165, 1.54) is 5.56 Å². The van der Waals surface area contributed by atoms with E-state index in [0.717, 1.165) is 19.4 Å². The lowest BCUT2D eigenvalue weighted by atomic mass is 10.0. The summed E-state index contributed by atoms with van der Waals surface area (Å²) in [7, 11) is 0. The lowest BCUT2D eigenvalue weighted by molar-refractivity contribution is -0.137. The van der Waals surface area contributed by atoms with E-state index >= 15 is 0 Å². The van der Waals surface area contributed by atoms with Crippen LogP contribution in [0.3, 0.4) is 0 Å². The smallest absolute Gasteiger partial charge is 0.304 e. The van der Waals surface area contributed by atoms with E-state index in [2.05, 4.69) is 43.0 Å². The molecule has 0 spiro atoms. The van der Waals surface area contributed by atoms with Gasteiger partial charge >= 0.3 is 5.97 Å². The van der Waals surface area contributed by atoms with Gasteiger partial charge in [0.15, 0.2) is 0 Å². The first kappa shape index (κ1) is 14.7. The molecule has 0 heterocycles. The number of nitrogens with zero attached hydrogens (tertiary/aromatic N) is 1. The van der Waals surface area contributed by atoms with Gasteiger partial charge in [-0.05, 0) is 24.9 Å². The van der Waals surface area contributed by atoms with Gasteiger partial charge in [-0.2, -0.15) is 0 Å². The predicted octanol–water partition coefficient (Wildman–Crippen LogP) is 2.80. The molecule has 0 amide bonds. The minimum atomic E-state index is -0.719. The Morgan fingerprint density at radius 2 is 1.94 bits per heavy atom. The second kappa shape index (κ2) is 7.88. The Bertz CT molecular complexity index is 351. The van der Waals surface area contributed by atoms with E-state index in [4.69, 9.17) is 5.11 Å². The van der Waals surface area contributed by atoms with Gasteiger partial charge in [0.05, 0.1) is 6.42 Å². The summed E-state index contributed by atoms with van der Waals surface area (Å²) < 4.78 is 0. The molecular formula is C15H23NO2. The molecule has 0 aromatic heterocycles. The monoisotopic (exact) mass is 249 g/mol. The van der Waals surface area contributed by atoms with Gasteiger partial charge in [0, 0.05) is 12.6 Å². The van der Waals surface area contributed by atoms with Crippen LogP contribution in [0.15, 0.2) is 30.3 Å². The van der Waals surface area contributed by atoms with Crippen molar-refractivity contribution >= 4 is 5.97 Å². The largest absolute Gasteiger partial charge is 0.481 e. The third-order valence-electron chi connectivity index (χ3n) is 3.32. The molecule has 0 aliphatic rings. The maximum atomic E-state index is 10.7. The lowest BCUT2D eigenvalue weighted by Crippen LogP contribution is -2.37. The Kier molecular flexibility index (Phi) is 6.44. The Hall–Kier alpha value is -1.35. The Balaban J connectivity index is 2.59. The molecule has 0 saturated carbocycles. The van der Waals surface area contributed by atoms with Crippen molar-refractivity contribution in [2.45, 2.75) is 39.2 Å². The molecule has 3 heteroatoms. The molecule has 1 atom stereocenters. The minimum absolute atomic E-state index is 0.221. The first-order valence-corrected chi connectivity index (χ1v) is 6.67. The number of carboxylic acids is 1. The van der Waals surface area contributed by atoms with E-state index < -0.39 is 5.97 Å². The third-order valence-corrected chi connectivity index (χ3v) is 3.32. The van der Waals surface area contributed by atoms with Crippen LogP contribution >= 0.6 is 0 Å². The van der Waals surface area contributed by atoms with Crippen LogP contribution < -0.4 is 0 Å². The molecular weight excluding hydrogens is 226 g/mol. The maximum absolute atomic E-state index is 10.7. The summed E-state index contributed by atoms with van der Waals surface area (Å²) >= 11 is 0. The molecule has 18 heavy (non-hydrogen) atoms. The zero-order valence-electron chi connectivity index (χ0n) is 11.3. The average Bonchev–Trinajstić information content (AvgIpc) is 2.38. The topological polar surface area (TPSA) is 40.5 Å². The number of aliphatic carboxylic acids is 1. The lowest BCUT2D eigenvalue weighted by Gasteiger charge is -2.29. The number of hydrogen-bond donors (Lipinski definition) is 1. The second-order valence-corrected chi connectivity index (χ2v) is 4.52. The zero-order valence-corrected chi connectivity index (χ0v) is 11.3. The number of carbonyl (C=O) groups is 1. The Morgan fingerprint density at radius 1 is 1.28 bits per heavy atom. The van der Waals surface area contributed by atoms with Crippen LogP contribution in [0.2, 0.25) is 0 Å². The van der Waals surface area contributed by atoms with Gasteiger partial charge in [-0.15, -0.1) is 0 Å². The van der Waals surface area contributed by atoms with Crippen molar-refractivity contribution in [2.75, 3.05) is 13.1 Å². The normalized spacial score (nSPS) is 12.6. The van der Waals surface area contributed by atoms with E-state index in [0.29, 0.717) is 12.6 Å².